The number of carbonyl (C=O) groups excluding carboxylic acids is 1. The van der Waals surface area contributed by atoms with Crippen molar-refractivity contribution in [2.24, 2.45) is 5.41 Å². The van der Waals surface area contributed by atoms with E-state index in [1.807, 2.05) is 20.8 Å². The van der Waals surface area contributed by atoms with E-state index in [0.717, 1.165) is 0 Å². The Morgan fingerprint density at radius 1 is 1.31 bits per heavy atom. The quantitative estimate of drug-likeness (QED) is 0.642. The van der Waals surface area contributed by atoms with Crippen LogP contribution in [0.3, 0.4) is 0 Å². The van der Waals surface area contributed by atoms with Crippen molar-refractivity contribution >= 4 is 16.9 Å². The third-order valence-electron chi connectivity index (χ3n) is 1.30. The highest BCUT2D eigenvalue weighted by Gasteiger charge is 2.20. The summed E-state index contributed by atoms with van der Waals surface area (Å²) >= 11 is 1.27. The second-order valence-corrected chi connectivity index (χ2v) is 4.77. The van der Waals surface area contributed by atoms with Gasteiger partial charge in [-0.25, -0.2) is 5.11 Å². The Labute approximate surface area is 83.9 Å². The highest BCUT2D eigenvalue weighted by atomic mass is 32.2. The summed E-state index contributed by atoms with van der Waals surface area (Å²) in [5.74, 6) is 0.635. The van der Waals surface area contributed by atoms with Gasteiger partial charge in [0.1, 0.15) is 6.61 Å². The van der Waals surface area contributed by atoms with Crippen LogP contribution in [-0.4, -0.2) is 30.7 Å². The fraction of sp³-hybridized carbons (Fsp3) is 0.889. The van der Waals surface area contributed by atoms with Gasteiger partial charge in [0, 0.05) is 11.2 Å². The lowest BCUT2D eigenvalue weighted by atomic mass is 10.00. The summed E-state index contributed by atoms with van der Waals surface area (Å²) in [4.78, 5) is 11.3. The van der Waals surface area contributed by atoms with Crippen LogP contribution < -0.4 is 0 Å². The molecule has 4 heteroatoms. The predicted molar refractivity (Wildman–Crippen MR) is 53.3 cm³/mol. The predicted octanol–water partition coefficient (Wildman–Crippen LogP) is 1.74. The largest absolute Gasteiger partial charge is 0.378 e. The van der Waals surface area contributed by atoms with Gasteiger partial charge in [-0.1, -0.05) is 32.5 Å². The van der Waals surface area contributed by atoms with Gasteiger partial charge in [-0.3, -0.25) is 4.79 Å². The van der Waals surface area contributed by atoms with E-state index in [2.05, 4.69) is 0 Å². The molecule has 0 unspecified atom stereocenters. The smallest absolute Gasteiger partial charge is 0.194 e. The summed E-state index contributed by atoms with van der Waals surface area (Å²) in [5, 5.41) is 10.2. The third-order valence-corrected chi connectivity index (χ3v) is 2.55. The molecule has 0 aromatic carbocycles. The molecule has 0 saturated heterocycles. The number of carbonyl (C=O) groups is 1. The normalized spacial score (nSPS) is 11.7. The van der Waals surface area contributed by atoms with Gasteiger partial charge in [-0.05, 0) is 0 Å². The minimum atomic E-state index is -0.288. The second-order valence-electron chi connectivity index (χ2n) is 3.70. The van der Waals surface area contributed by atoms with Crippen LogP contribution >= 0.6 is 11.8 Å². The van der Waals surface area contributed by atoms with E-state index in [1.54, 1.807) is 0 Å². The lowest BCUT2D eigenvalue weighted by Gasteiger charge is -2.15. The van der Waals surface area contributed by atoms with E-state index in [1.165, 1.54) is 11.8 Å². The highest BCUT2D eigenvalue weighted by molar-refractivity contribution is 8.13. The van der Waals surface area contributed by atoms with Crippen molar-refractivity contribution in [3.63, 3.8) is 0 Å². The van der Waals surface area contributed by atoms with E-state index < -0.39 is 0 Å². The van der Waals surface area contributed by atoms with Crippen LogP contribution in [0.4, 0.5) is 0 Å². The molecule has 0 aliphatic rings. The van der Waals surface area contributed by atoms with Gasteiger partial charge >= 0.3 is 0 Å². The zero-order chi connectivity index (χ0) is 10.3. The molecule has 0 aliphatic carbocycles. The number of hydrogen-bond donors (Lipinski definition) is 0. The summed E-state index contributed by atoms with van der Waals surface area (Å²) in [6.07, 6.45) is 0. The first-order valence-corrected chi connectivity index (χ1v) is 5.30. The maximum atomic E-state index is 11.3. The molecule has 0 aromatic heterocycles. The fourth-order valence-electron chi connectivity index (χ4n) is 0.571. The van der Waals surface area contributed by atoms with Gasteiger partial charge in [-0.2, -0.15) is 0 Å². The first kappa shape index (κ1) is 12.9. The average molecular weight is 205 g/mol. The Balaban J connectivity index is 3.38. The summed E-state index contributed by atoms with van der Waals surface area (Å²) < 4.78 is 4.96. The van der Waals surface area contributed by atoms with Crippen LogP contribution in [0, 0.1) is 5.41 Å². The van der Waals surface area contributed by atoms with E-state index in [9.17, 15) is 9.90 Å². The molecule has 0 spiro atoms. The molecule has 0 bridgehead atoms. The Morgan fingerprint density at radius 2 is 1.92 bits per heavy atom. The van der Waals surface area contributed by atoms with Crippen molar-refractivity contribution in [2.45, 2.75) is 20.8 Å². The van der Waals surface area contributed by atoms with Crippen LogP contribution in [0.2, 0.25) is 0 Å². The van der Waals surface area contributed by atoms with Crippen molar-refractivity contribution in [3.8, 4) is 0 Å². The summed E-state index contributed by atoms with van der Waals surface area (Å²) in [6, 6.07) is 0. The number of hydrogen-bond acceptors (Lipinski definition) is 3. The summed E-state index contributed by atoms with van der Waals surface area (Å²) in [7, 11) is 0. The third kappa shape index (κ3) is 7.05. The van der Waals surface area contributed by atoms with E-state index in [-0.39, 0.29) is 23.7 Å². The molecule has 13 heavy (non-hydrogen) atoms. The van der Waals surface area contributed by atoms with Crippen molar-refractivity contribution in [1.29, 1.82) is 0 Å². The average Bonchev–Trinajstić information content (AvgIpc) is 2.02. The van der Waals surface area contributed by atoms with Crippen molar-refractivity contribution in [1.82, 2.24) is 0 Å². The Bertz CT molecular complexity index is 151. The molecule has 3 nitrogen and oxygen atoms in total. The SMILES string of the molecule is CC(C)(C)C(=O)SCCOCC[O]. The fourth-order valence-corrected chi connectivity index (χ4v) is 1.39. The van der Waals surface area contributed by atoms with Crippen LogP contribution in [0.25, 0.3) is 0 Å². The lowest BCUT2D eigenvalue weighted by molar-refractivity contribution is -0.117. The van der Waals surface area contributed by atoms with Crippen LogP contribution in [0.15, 0.2) is 0 Å². The molecule has 0 heterocycles. The minimum Gasteiger partial charge on any atom is -0.378 e. The van der Waals surface area contributed by atoms with Gasteiger partial charge in [0.05, 0.1) is 13.2 Å². The van der Waals surface area contributed by atoms with Gasteiger partial charge in [0.15, 0.2) is 5.12 Å². The highest BCUT2D eigenvalue weighted by Crippen LogP contribution is 2.22. The zero-order valence-corrected chi connectivity index (χ0v) is 9.28. The van der Waals surface area contributed by atoms with Crippen LogP contribution in [0.1, 0.15) is 20.8 Å². The van der Waals surface area contributed by atoms with Gasteiger partial charge in [-0.15, -0.1) is 0 Å². The maximum absolute atomic E-state index is 11.3. The molecule has 0 rings (SSSR count). The summed E-state index contributed by atoms with van der Waals surface area (Å²) in [6.45, 7) is 6.18. The summed E-state index contributed by atoms with van der Waals surface area (Å²) in [5.41, 5.74) is -0.288. The molecular formula is C9H17O3S. The maximum Gasteiger partial charge on any atom is 0.194 e. The molecule has 0 saturated carbocycles. The molecule has 77 valence electrons. The minimum absolute atomic E-state index is 0.165. The Hall–Kier alpha value is -0.0600. The molecule has 0 fully saturated rings. The first-order chi connectivity index (χ1) is 5.98. The lowest BCUT2D eigenvalue weighted by Crippen LogP contribution is -2.17. The number of thioether (sulfide) groups is 1. The van der Waals surface area contributed by atoms with E-state index in [4.69, 9.17) is 4.74 Å². The Kier molecular flexibility index (Phi) is 6.37. The van der Waals surface area contributed by atoms with Crippen molar-refractivity contribution in [3.05, 3.63) is 0 Å². The van der Waals surface area contributed by atoms with Crippen LogP contribution in [0.5, 0.6) is 0 Å². The first-order valence-electron chi connectivity index (χ1n) is 4.31. The molecule has 1 radical (unpaired) electrons. The second kappa shape index (κ2) is 6.40. The monoisotopic (exact) mass is 205 g/mol. The zero-order valence-electron chi connectivity index (χ0n) is 8.46. The van der Waals surface area contributed by atoms with Gasteiger partial charge in [0.2, 0.25) is 0 Å². The van der Waals surface area contributed by atoms with E-state index >= 15 is 0 Å². The van der Waals surface area contributed by atoms with E-state index in [0.29, 0.717) is 12.4 Å². The molecule has 0 aromatic rings. The molecule has 0 amide bonds. The molecule has 0 aliphatic heterocycles. The molecule has 0 N–H and O–H groups in total. The number of ether oxygens (including phenoxy) is 1. The van der Waals surface area contributed by atoms with Gasteiger partial charge in [0.25, 0.3) is 0 Å². The van der Waals surface area contributed by atoms with Gasteiger partial charge < -0.3 is 4.74 Å². The van der Waals surface area contributed by atoms with Crippen molar-refractivity contribution < 1.29 is 14.6 Å². The Morgan fingerprint density at radius 3 is 2.38 bits per heavy atom. The molecular weight excluding hydrogens is 188 g/mol. The van der Waals surface area contributed by atoms with Crippen LogP contribution in [-0.2, 0) is 14.6 Å². The van der Waals surface area contributed by atoms with Crippen molar-refractivity contribution in [2.75, 3.05) is 25.6 Å². The topological polar surface area (TPSA) is 46.2 Å². The number of rotatable bonds is 5. The molecule has 0 atom stereocenters. The standard InChI is InChI=1S/C9H17O3S/c1-9(2,3)8(11)13-7-6-12-5-4-10/h4-7H2,1-3H3.